The first-order chi connectivity index (χ1) is 9.22. The van der Waals surface area contributed by atoms with Crippen LogP contribution < -0.4 is 0 Å². The molecule has 0 amide bonds. The molecule has 0 fully saturated rings. The molecule has 3 heteroatoms. The van der Waals surface area contributed by atoms with Gasteiger partial charge in [-0.3, -0.25) is 4.98 Å². The van der Waals surface area contributed by atoms with Gasteiger partial charge in [0.15, 0.2) is 0 Å². The van der Waals surface area contributed by atoms with Gasteiger partial charge in [-0.2, -0.15) is 5.26 Å². The van der Waals surface area contributed by atoms with Gasteiger partial charge in [-0.25, -0.2) is 0 Å². The van der Waals surface area contributed by atoms with Crippen molar-refractivity contribution in [2.24, 2.45) is 5.92 Å². The fourth-order valence-corrected chi connectivity index (χ4v) is 3.01. The van der Waals surface area contributed by atoms with E-state index in [0.29, 0.717) is 6.42 Å². The third-order valence-corrected chi connectivity index (χ3v) is 4.16. The third-order valence-electron chi connectivity index (χ3n) is 3.73. The molecule has 0 radical (unpaired) electrons. The molecule has 1 unspecified atom stereocenters. The predicted molar refractivity (Wildman–Crippen MR) is 78.0 cm³/mol. The minimum atomic E-state index is 0.0658. The van der Waals surface area contributed by atoms with Crippen molar-refractivity contribution in [2.45, 2.75) is 19.3 Å². The number of pyridine rings is 1. The van der Waals surface area contributed by atoms with Crippen molar-refractivity contribution < 1.29 is 0 Å². The molecule has 0 spiro atoms. The Labute approximate surface area is 117 Å². The Morgan fingerprint density at radius 1 is 1.47 bits per heavy atom. The van der Waals surface area contributed by atoms with Crippen LogP contribution in [-0.4, -0.2) is 4.98 Å². The summed E-state index contributed by atoms with van der Waals surface area (Å²) >= 11 is 6.50. The third kappa shape index (κ3) is 2.01. The van der Waals surface area contributed by atoms with E-state index in [4.69, 9.17) is 21.8 Å². The van der Waals surface area contributed by atoms with Crippen LogP contribution in [0, 0.1) is 17.2 Å². The van der Waals surface area contributed by atoms with E-state index in [2.05, 4.69) is 12.6 Å². The lowest BCUT2D eigenvalue weighted by Crippen LogP contribution is -2.15. The molecular weight excluding hydrogens is 256 g/mol. The summed E-state index contributed by atoms with van der Waals surface area (Å²) in [5, 5.41) is 10.8. The van der Waals surface area contributed by atoms with Gasteiger partial charge in [0.25, 0.3) is 0 Å². The van der Waals surface area contributed by atoms with Crippen molar-refractivity contribution in [1.82, 2.24) is 4.98 Å². The standard InChI is InChI=1S/C16H13ClN2/c1-2-10-3-5-12-14(7-10)19-15-8-11(9-18)4-6-13(15)16(12)17/h2-3,5,7,11H,1,4,6,8H2. The number of halogens is 1. The highest BCUT2D eigenvalue weighted by Gasteiger charge is 2.23. The monoisotopic (exact) mass is 268 g/mol. The van der Waals surface area contributed by atoms with Crippen molar-refractivity contribution in [3.8, 4) is 6.07 Å². The van der Waals surface area contributed by atoms with E-state index in [1.165, 1.54) is 0 Å². The molecule has 1 aromatic heterocycles. The van der Waals surface area contributed by atoms with Gasteiger partial charge in [0.2, 0.25) is 0 Å². The molecule has 0 aliphatic heterocycles. The molecule has 2 aromatic rings. The van der Waals surface area contributed by atoms with E-state index in [1.807, 2.05) is 18.2 Å². The smallest absolute Gasteiger partial charge is 0.0726 e. The van der Waals surface area contributed by atoms with Gasteiger partial charge >= 0.3 is 0 Å². The number of nitrogens with zero attached hydrogens (tertiary/aromatic N) is 2. The number of fused-ring (bicyclic) bond motifs is 2. The van der Waals surface area contributed by atoms with E-state index >= 15 is 0 Å². The molecule has 0 bridgehead atoms. The average molecular weight is 269 g/mol. The fraction of sp³-hybridized carbons (Fsp3) is 0.250. The molecule has 3 rings (SSSR count). The van der Waals surface area contributed by atoms with Crippen LogP contribution >= 0.6 is 11.6 Å². The Bertz CT molecular complexity index is 713. The molecule has 1 heterocycles. The van der Waals surface area contributed by atoms with Gasteiger partial charge in [-0.05, 0) is 30.0 Å². The number of rotatable bonds is 1. The van der Waals surface area contributed by atoms with Gasteiger partial charge in [0, 0.05) is 17.5 Å². The SMILES string of the molecule is C=Cc1ccc2c(Cl)c3c(nc2c1)CC(C#N)CC3. The topological polar surface area (TPSA) is 36.7 Å². The summed E-state index contributed by atoms with van der Waals surface area (Å²) in [5.41, 5.74) is 4.02. The van der Waals surface area contributed by atoms with Crippen LogP contribution in [0.25, 0.3) is 17.0 Å². The maximum atomic E-state index is 9.06. The molecule has 19 heavy (non-hydrogen) atoms. The molecule has 94 valence electrons. The molecular formula is C16H13ClN2. The quantitative estimate of drug-likeness (QED) is 0.779. The number of aromatic nitrogens is 1. The first-order valence-electron chi connectivity index (χ1n) is 6.36. The molecule has 1 aliphatic rings. The normalized spacial score (nSPS) is 17.8. The molecule has 1 aliphatic carbocycles. The van der Waals surface area contributed by atoms with Crippen molar-refractivity contribution in [3.63, 3.8) is 0 Å². The number of hydrogen-bond donors (Lipinski definition) is 0. The molecule has 1 atom stereocenters. The van der Waals surface area contributed by atoms with E-state index in [0.717, 1.165) is 45.6 Å². The fourth-order valence-electron chi connectivity index (χ4n) is 2.64. The van der Waals surface area contributed by atoms with Crippen LogP contribution in [-0.2, 0) is 12.8 Å². The summed E-state index contributed by atoms with van der Waals surface area (Å²) in [6.45, 7) is 3.77. The Kier molecular flexibility index (Phi) is 3.00. The van der Waals surface area contributed by atoms with Crippen molar-refractivity contribution in [2.75, 3.05) is 0 Å². The van der Waals surface area contributed by atoms with Gasteiger partial charge in [0.1, 0.15) is 0 Å². The predicted octanol–water partition coefficient (Wildman–Crippen LogP) is 4.16. The summed E-state index contributed by atoms with van der Waals surface area (Å²) < 4.78 is 0. The maximum absolute atomic E-state index is 9.06. The largest absolute Gasteiger partial charge is 0.252 e. The number of nitriles is 1. The second-order valence-corrected chi connectivity index (χ2v) is 5.28. The maximum Gasteiger partial charge on any atom is 0.0726 e. The first-order valence-corrected chi connectivity index (χ1v) is 6.74. The van der Waals surface area contributed by atoms with Crippen molar-refractivity contribution in [3.05, 3.63) is 46.6 Å². The van der Waals surface area contributed by atoms with Crippen molar-refractivity contribution in [1.29, 1.82) is 5.26 Å². The second-order valence-electron chi connectivity index (χ2n) is 4.90. The van der Waals surface area contributed by atoms with Crippen LogP contribution in [0.4, 0.5) is 0 Å². The van der Waals surface area contributed by atoms with E-state index in [-0.39, 0.29) is 5.92 Å². The first kappa shape index (κ1) is 12.2. The highest BCUT2D eigenvalue weighted by molar-refractivity contribution is 6.36. The Hall–Kier alpha value is -1.85. The molecule has 2 nitrogen and oxygen atoms in total. The number of hydrogen-bond acceptors (Lipinski definition) is 2. The Balaban J connectivity index is 2.22. The van der Waals surface area contributed by atoms with Crippen LogP contribution in [0.15, 0.2) is 24.8 Å². The van der Waals surface area contributed by atoms with Gasteiger partial charge in [0.05, 0.1) is 22.5 Å². The Morgan fingerprint density at radius 2 is 2.32 bits per heavy atom. The Morgan fingerprint density at radius 3 is 3.05 bits per heavy atom. The zero-order valence-corrected chi connectivity index (χ0v) is 11.2. The lowest BCUT2D eigenvalue weighted by atomic mass is 9.87. The summed E-state index contributed by atoms with van der Waals surface area (Å²) in [7, 11) is 0. The summed E-state index contributed by atoms with van der Waals surface area (Å²) in [4.78, 5) is 4.70. The van der Waals surface area contributed by atoms with E-state index < -0.39 is 0 Å². The minimum Gasteiger partial charge on any atom is -0.252 e. The lowest BCUT2D eigenvalue weighted by molar-refractivity contribution is 0.555. The average Bonchev–Trinajstić information content (AvgIpc) is 2.46. The number of benzene rings is 1. The summed E-state index contributed by atoms with van der Waals surface area (Å²) in [6.07, 6.45) is 4.23. The molecule has 0 N–H and O–H groups in total. The second kappa shape index (κ2) is 4.68. The molecule has 0 saturated carbocycles. The van der Waals surface area contributed by atoms with E-state index in [1.54, 1.807) is 6.08 Å². The molecule has 0 saturated heterocycles. The van der Waals surface area contributed by atoms with Gasteiger partial charge in [-0.15, -0.1) is 0 Å². The molecule has 1 aromatic carbocycles. The van der Waals surface area contributed by atoms with Crippen LogP contribution in [0.3, 0.4) is 0 Å². The highest BCUT2D eigenvalue weighted by Crippen LogP contribution is 2.34. The lowest BCUT2D eigenvalue weighted by Gasteiger charge is -2.21. The van der Waals surface area contributed by atoms with Crippen LogP contribution in [0.1, 0.15) is 23.2 Å². The van der Waals surface area contributed by atoms with Crippen LogP contribution in [0.2, 0.25) is 5.02 Å². The van der Waals surface area contributed by atoms with Gasteiger partial charge in [-0.1, -0.05) is 36.4 Å². The van der Waals surface area contributed by atoms with E-state index in [9.17, 15) is 0 Å². The van der Waals surface area contributed by atoms with Gasteiger partial charge < -0.3 is 0 Å². The zero-order chi connectivity index (χ0) is 13.4. The van der Waals surface area contributed by atoms with Crippen molar-refractivity contribution >= 4 is 28.6 Å². The zero-order valence-electron chi connectivity index (χ0n) is 10.5. The summed E-state index contributed by atoms with van der Waals surface area (Å²) in [6, 6.07) is 8.32. The highest BCUT2D eigenvalue weighted by atomic mass is 35.5. The minimum absolute atomic E-state index is 0.0658. The van der Waals surface area contributed by atoms with Crippen LogP contribution in [0.5, 0.6) is 0 Å². The summed E-state index contributed by atoms with van der Waals surface area (Å²) in [5.74, 6) is 0.0658.